The topological polar surface area (TPSA) is 110 Å². The minimum absolute atomic E-state index is 0.0352. The van der Waals surface area contributed by atoms with E-state index in [0.29, 0.717) is 51.5 Å². The quantitative estimate of drug-likeness (QED) is 0.292. The Labute approximate surface area is 254 Å². The highest BCUT2D eigenvalue weighted by Crippen LogP contribution is 2.27. The highest BCUT2D eigenvalue weighted by Gasteiger charge is 2.39. The fraction of sp³-hybridized carbons (Fsp3) is 0.529. The van der Waals surface area contributed by atoms with Crippen LogP contribution >= 0.6 is 0 Å². The molecular weight excluding hydrogens is 544 g/mol. The fourth-order valence-corrected chi connectivity index (χ4v) is 6.82. The Morgan fingerprint density at radius 1 is 0.744 bits per heavy atom. The lowest BCUT2D eigenvalue weighted by atomic mass is 9.88. The van der Waals surface area contributed by atoms with Gasteiger partial charge in [0.15, 0.2) is 0 Å². The molecule has 0 spiro atoms. The summed E-state index contributed by atoms with van der Waals surface area (Å²) < 4.78 is 0. The Balaban J connectivity index is 1.18. The predicted molar refractivity (Wildman–Crippen MR) is 163 cm³/mol. The molecule has 3 fully saturated rings. The Morgan fingerprint density at radius 2 is 1.49 bits per heavy atom. The number of hydrogen-bond donors (Lipinski definition) is 2. The zero-order valence-electron chi connectivity index (χ0n) is 25.0. The zero-order valence-corrected chi connectivity index (χ0v) is 25.0. The van der Waals surface area contributed by atoms with Crippen LogP contribution in [0.2, 0.25) is 0 Å². The summed E-state index contributed by atoms with van der Waals surface area (Å²) in [7, 11) is 0. The number of nitrogens with one attached hydrogen (secondary N) is 1. The lowest BCUT2D eigenvalue weighted by molar-refractivity contribution is -0.159. The van der Waals surface area contributed by atoms with Crippen LogP contribution in [0.3, 0.4) is 0 Å². The number of hydrogen-bond acceptors (Lipinski definition) is 5. The number of carbonyl (C=O) groups is 4. The number of nitrogens with zero attached hydrogens (tertiary/aromatic N) is 3. The second-order valence-electron chi connectivity index (χ2n) is 12.3. The lowest BCUT2D eigenvalue weighted by Crippen LogP contribution is -2.60. The number of rotatable bonds is 12. The average molecular weight is 589 g/mol. The van der Waals surface area contributed by atoms with Crippen LogP contribution in [0.1, 0.15) is 62.5 Å². The van der Waals surface area contributed by atoms with E-state index in [4.69, 9.17) is 0 Å². The molecule has 2 heterocycles. The molecule has 1 aliphatic carbocycles. The van der Waals surface area contributed by atoms with Crippen molar-refractivity contribution in [3.8, 4) is 5.75 Å². The van der Waals surface area contributed by atoms with Crippen molar-refractivity contribution in [2.75, 3.05) is 32.7 Å². The van der Waals surface area contributed by atoms with Crippen molar-refractivity contribution in [3.05, 3.63) is 65.7 Å². The van der Waals surface area contributed by atoms with Gasteiger partial charge in [-0.25, -0.2) is 0 Å². The van der Waals surface area contributed by atoms with Crippen LogP contribution in [0.5, 0.6) is 5.75 Å². The number of phenols is 1. The summed E-state index contributed by atoms with van der Waals surface area (Å²) in [5, 5.41) is 12.4. The van der Waals surface area contributed by atoms with Gasteiger partial charge in [-0.15, -0.1) is 0 Å². The lowest BCUT2D eigenvalue weighted by Gasteiger charge is -2.41. The zero-order chi connectivity index (χ0) is 30.2. The molecule has 2 N–H and O–H groups in total. The van der Waals surface area contributed by atoms with Crippen molar-refractivity contribution in [1.29, 1.82) is 0 Å². The van der Waals surface area contributed by atoms with Crippen molar-refractivity contribution >= 4 is 23.6 Å². The van der Waals surface area contributed by atoms with E-state index < -0.39 is 23.6 Å². The molecule has 2 aliphatic heterocycles. The summed E-state index contributed by atoms with van der Waals surface area (Å²) in [4.78, 5) is 56.7. The van der Waals surface area contributed by atoms with E-state index in [1.54, 1.807) is 26.8 Å². The summed E-state index contributed by atoms with van der Waals surface area (Å²) in [5.41, 5.74) is 2.11. The maximum absolute atomic E-state index is 13.4. The van der Waals surface area contributed by atoms with E-state index in [0.717, 1.165) is 43.2 Å². The molecule has 2 atom stereocenters. The fourth-order valence-electron chi connectivity index (χ4n) is 6.82. The number of benzene rings is 2. The summed E-state index contributed by atoms with van der Waals surface area (Å²) in [6.45, 7) is 2.50. The van der Waals surface area contributed by atoms with Gasteiger partial charge in [-0.2, -0.15) is 0 Å². The minimum Gasteiger partial charge on any atom is -0.508 e. The largest absolute Gasteiger partial charge is 0.508 e. The molecule has 2 aromatic rings. The Kier molecular flexibility index (Phi) is 10.3. The highest BCUT2D eigenvalue weighted by atomic mass is 16.3. The van der Waals surface area contributed by atoms with Gasteiger partial charge in [0, 0.05) is 38.8 Å². The van der Waals surface area contributed by atoms with Gasteiger partial charge in [0.1, 0.15) is 5.75 Å². The monoisotopic (exact) mass is 588 g/mol. The Morgan fingerprint density at radius 3 is 2.23 bits per heavy atom. The average Bonchev–Trinajstić information content (AvgIpc) is 3.02. The van der Waals surface area contributed by atoms with Gasteiger partial charge in [0.05, 0.1) is 6.04 Å². The number of unbranched alkanes of at least 4 members (excludes halogenated alkanes) is 1. The molecule has 5 rings (SSSR count). The van der Waals surface area contributed by atoms with Crippen molar-refractivity contribution in [2.45, 2.75) is 76.3 Å². The van der Waals surface area contributed by atoms with E-state index in [1.807, 2.05) is 42.5 Å². The van der Waals surface area contributed by atoms with Gasteiger partial charge in [0.25, 0.3) is 0 Å². The van der Waals surface area contributed by atoms with E-state index in [2.05, 4.69) is 5.32 Å². The first-order chi connectivity index (χ1) is 20.9. The summed E-state index contributed by atoms with van der Waals surface area (Å²) in [6, 6.07) is 16.8. The molecule has 230 valence electrons. The second kappa shape index (κ2) is 14.5. The minimum atomic E-state index is -0.510. The van der Waals surface area contributed by atoms with Crippen molar-refractivity contribution < 1.29 is 24.3 Å². The molecule has 9 heteroatoms. The summed E-state index contributed by atoms with van der Waals surface area (Å²) in [6.07, 6.45) is 9.36. The number of aromatic hydroxyl groups is 1. The molecule has 1 saturated carbocycles. The maximum atomic E-state index is 13.4. The van der Waals surface area contributed by atoms with E-state index in [9.17, 15) is 24.3 Å². The summed E-state index contributed by atoms with van der Waals surface area (Å²) >= 11 is 0. The van der Waals surface area contributed by atoms with E-state index >= 15 is 0 Å². The van der Waals surface area contributed by atoms with Crippen LogP contribution in [0.15, 0.2) is 54.6 Å². The number of phenolic OH excluding ortho intramolecular Hbond substituents is 1. The van der Waals surface area contributed by atoms with Crippen LogP contribution < -0.4 is 5.32 Å². The van der Waals surface area contributed by atoms with Crippen molar-refractivity contribution in [2.24, 2.45) is 5.92 Å². The van der Waals surface area contributed by atoms with Gasteiger partial charge < -0.3 is 25.1 Å². The SMILES string of the molecule is O=C1NC[C@H](CCCCN2C[C@H](Cc3ccccc3)N(CCc3ccc(O)cc3)C(=O)C2=O)N(CC2CCCCC2)C1=O. The van der Waals surface area contributed by atoms with Crippen molar-refractivity contribution in [3.63, 3.8) is 0 Å². The number of carbonyl (C=O) groups excluding carboxylic acids is 4. The first-order valence-corrected chi connectivity index (χ1v) is 15.9. The van der Waals surface area contributed by atoms with Crippen LogP contribution in [0, 0.1) is 5.92 Å². The molecular formula is C34H44N4O5. The van der Waals surface area contributed by atoms with Crippen LogP contribution in [0.25, 0.3) is 0 Å². The smallest absolute Gasteiger partial charge is 0.312 e. The van der Waals surface area contributed by atoms with Gasteiger partial charge in [-0.05, 0) is 74.1 Å². The van der Waals surface area contributed by atoms with Gasteiger partial charge in [-0.1, -0.05) is 61.7 Å². The molecule has 0 unspecified atom stereocenters. The molecule has 4 amide bonds. The van der Waals surface area contributed by atoms with Gasteiger partial charge >= 0.3 is 23.6 Å². The number of amides is 4. The third kappa shape index (κ3) is 7.94. The molecule has 9 nitrogen and oxygen atoms in total. The Hall–Kier alpha value is -3.88. The standard InChI is InChI=1S/C34H44N4O5/c39-30-16-14-25(15-17-30)18-20-37-29(21-26-9-3-1-4-10-26)24-36(33(42)34(37)43)19-8-7-13-28-22-35-31(40)32(41)38(28)23-27-11-5-2-6-12-27/h1,3-4,9-10,14-17,27-29,39H,2,5-8,11-13,18-24H2,(H,35,40)/t28-,29-/m0/s1. The molecule has 0 radical (unpaired) electrons. The molecule has 3 aliphatic rings. The highest BCUT2D eigenvalue weighted by molar-refractivity contribution is 6.36. The van der Waals surface area contributed by atoms with Gasteiger partial charge in [0.2, 0.25) is 0 Å². The second-order valence-corrected chi connectivity index (χ2v) is 12.3. The first kappa shape index (κ1) is 30.6. The van der Waals surface area contributed by atoms with Crippen LogP contribution in [-0.4, -0.2) is 88.2 Å². The maximum Gasteiger partial charge on any atom is 0.312 e. The first-order valence-electron chi connectivity index (χ1n) is 15.9. The van der Waals surface area contributed by atoms with Crippen LogP contribution in [0.4, 0.5) is 0 Å². The molecule has 0 bridgehead atoms. The molecule has 2 saturated heterocycles. The normalized spacial score (nSPS) is 21.8. The summed E-state index contributed by atoms with van der Waals surface area (Å²) in [5.74, 6) is -1.21. The molecule has 0 aromatic heterocycles. The number of piperazine rings is 2. The van der Waals surface area contributed by atoms with Crippen molar-refractivity contribution in [1.82, 2.24) is 20.0 Å². The third-order valence-electron chi connectivity index (χ3n) is 9.28. The predicted octanol–water partition coefficient (Wildman–Crippen LogP) is 3.29. The van der Waals surface area contributed by atoms with E-state index in [-0.39, 0.29) is 17.8 Å². The van der Waals surface area contributed by atoms with Gasteiger partial charge in [-0.3, -0.25) is 19.2 Å². The Bertz CT molecular complexity index is 1260. The molecule has 2 aromatic carbocycles. The third-order valence-corrected chi connectivity index (χ3v) is 9.28. The molecule has 43 heavy (non-hydrogen) atoms. The van der Waals surface area contributed by atoms with E-state index in [1.165, 1.54) is 19.3 Å². The van der Waals surface area contributed by atoms with Crippen LogP contribution in [-0.2, 0) is 32.0 Å².